The Kier molecular flexibility index (Phi) is 4.73. The Balaban J connectivity index is 2.66. The van der Waals surface area contributed by atoms with E-state index in [1.807, 2.05) is 26.3 Å². The van der Waals surface area contributed by atoms with Gasteiger partial charge in [-0.05, 0) is 27.8 Å². The molecule has 1 aromatic heterocycles. The maximum atomic E-state index is 9.76. The quantitative estimate of drug-likeness (QED) is 0.829. The first kappa shape index (κ1) is 13.9. The monoisotopic (exact) mass is 262 g/mol. The number of aliphatic hydroxyl groups is 1. The van der Waals surface area contributed by atoms with E-state index in [0.29, 0.717) is 12.4 Å². The Bertz CT molecular complexity index is 335. The molecule has 0 bridgehead atoms. The van der Waals surface area contributed by atoms with Crippen LogP contribution in [0.5, 0.6) is 0 Å². The van der Waals surface area contributed by atoms with E-state index in [0.717, 1.165) is 10.7 Å². The maximum absolute atomic E-state index is 9.76. The summed E-state index contributed by atoms with van der Waals surface area (Å²) < 4.78 is 0. The van der Waals surface area contributed by atoms with Gasteiger partial charge in [0.2, 0.25) is 0 Å². The van der Waals surface area contributed by atoms with E-state index in [9.17, 15) is 5.11 Å². The molecule has 0 radical (unpaired) electrons. The minimum atomic E-state index is -0.685. The highest BCUT2D eigenvalue weighted by Crippen LogP contribution is 2.24. The number of hydrogen-bond acceptors (Lipinski definition) is 4. The molecule has 0 saturated heterocycles. The van der Waals surface area contributed by atoms with E-state index in [4.69, 9.17) is 11.6 Å². The number of halogens is 1. The van der Waals surface area contributed by atoms with Gasteiger partial charge in [0.1, 0.15) is 5.01 Å². The summed E-state index contributed by atoms with van der Waals surface area (Å²) in [6, 6.07) is 0.202. The van der Waals surface area contributed by atoms with Crippen molar-refractivity contribution in [2.24, 2.45) is 0 Å². The van der Waals surface area contributed by atoms with Crippen LogP contribution in [0.1, 0.15) is 37.5 Å². The summed E-state index contributed by atoms with van der Waals surface area (Å²) in [5.41, 5.74) is 0.237. The number of hydrogen-bond donors (Lipinski definition) is 1. The van der Waals surface area contributed by atoms with Gasteiger partial charge in [-0.3, -0.25) is 4.90 Å². The Labute approximate surface area is 106 Å². The number of likely N-dealkylation sites (N-methyl/N-ethyl adjacent to an activating group) is 1. The van der Waals surface area contributed by atoms with Gasteiger partial charge >= 0.3 is 0 Å². The van der Waals surface area contributed by atoms with E-state index < -0.39 is 5.60 Å². The Morgan fingerprint density at radius 3 is 2.69 bits per heavy atom. The van der Waals surface area contributed by atoms with Gasteiger partial charge in [-0.15, -0.1) is 22.9 Å². The summed E-state index contributed by atoms with van der Waals surface area (Å²) in [7, 11) is 1.99. The molecule has 0 aliphatic carbocycles. The van der Waals surface area contributed by atoms with Crippen molar-refractivity contribution in [3.8, 4) is 0 Å². The largest absolute Gasteiger partial charge is 0.389 e. The lowest BCUT2D eigenvalue weighted by Crippen LogP contribution is -2.37. The maximum Gasteiger partial charge on any atom is 0.110 e. The van der Waals surface area contributed by atoms with Crippen LogP contribution in [-0.2, 0) is 5.88 Å². The molecular weight excluding hydrogens is 244 g/mol. The lowest BCUT2D eigenvalue weighted by atomic mass is 10.1. The molecule has 1 atom stereocenters. The van der Waals surface area contributed by atoms with Crippen molar-refractivity contribution in [2.75, 3.05) is 13.6 Å². The molecular formula is C11H19ClN2OS. The van der Waals surface area contributed by atoms with Gasteiger partial charge in [-0.2, -0.15) is 0 Å². The van der Waals surface area contributed by atoms with Crippen molar-refractivity contribution in [2.45, 2.75) is 38.3 Å². The van der Waals surface area contributed by atoms with Gasteiger partial charge in [-0.1, -0.05) is 0 Å². The molecule has 1 rings (SSSR count). The second-order valence-electron chi connectivity index (χ2n) is 4.71. The Morgan fingerprint density at radius 1 is 1.62 bits per heavy atom. The first-order valence-electron chi connectivity index (χ1n) is 5.26. The fourth-order valence-corrected chi connectivity index (χ4v) is 2.68. The zero-order valence-corrected chi connectivity index (χ0v) is 11.8. The van der Waals surface area contributed by atoms with Gasteiger partial charge in [-0.25, -0.2) is 4.98 Å². The predicted molar refractivity (Wildman–Crippen MR) is 69.0 cm³/mol. The van der Waals surface area contributed by atoms with Gasteiger partial charge in [0.05, 0.1) is 23.2 Å². The van der Waals surface area contributed by atoms with E-state index >= 15 is 0 Å². The third-order valence-corrected chi connectivity index (χ3v) is 3.70. The summed E-state index contributed by atoms with van der Waals surface area (Å²) in [6.07, 6.45) is 0. The summed E-state index contributed by atoms with van der Waals surface area (Å²) >= 11 is 7.34. The molecule has 0 fully saturated rings. The van der Waals surface area contributed by atoms with Crippen LogP contribution in [-0.4, -0.2) is 34.2 Å². The standard InChI is InChI=1S/C11H19ClN2OS/c1-8(14(4)7-11(2,3)15)10-13-9(5-12)6-16-10/h6,8,15H,5,7H2,1-4H3. The number of aromatic nitrogens is 1. The third kappa shape index (κ3) is 4.01. The number of thiazole rings is 1. The molecule has 0 amide bonds. The summed E-state index contributed by atoms with van der Waals surface area (Å²) in [5, 5.41) is 12.8. The lowest BCUT2D eigenvalue weighted by Gasteiger charge is -2.29. The number of nitrogens with zero attached hydrogens (tertiary/aromatic N) is 2. The molecule has 0 spiro atoms. The van der Waals surface area contributed by atoms with Crippen LogP contribution in [0.15, 0.2) is 5.38 Å². The van der Waals surface area contributed by atoms with Gasteiger partial charge < -0.3 is 5.11 Å². The molecule has 3 nitrogen and oxygen atoms in total. The molecule has 5 heteroatoms. The number of rotatable bonds is 5. The van der Waals surface area contributed by atoms with Gasteiger partial charge in [0.15, 0.2) is 0 Å². The summed E-state index contributed by atoms with van der Waals surface area (Å²) in [4.78, 5) is 6.54. The molecule has 16 heavy (non-hydrogen) atoms. The minimum absolute atomic E-state index is 0.202. The SMILES string of the molecule is CC(c1nc(CCl)cs1)N(C)CC(C)(C)O. The van der Waals surface area contributed by atoms with Crippen molar-refractivity contribution < 1.29 is 5.11 Å². The molecule has 0 aliphatic heterocycles. The van der Waals surface area contributed by atoms with E-state index in [-0.39, 0.29) is 6.04 Å². The van der Waals surface area contributed by atoms with Crippen molar-refractivity contribution in [1.82, 2.24) is 9.88 Å². The minimum Gasteiger partial charge on any atom is -0.389 e. The van der Waals surface area contributed by atoms with E-state index in [1.54, 1.807) is 11.3 Å². The van der Waals surface area contributed by atoms with Crippen LogP contribution in [0.25, 0.3) is 0 Å². The van der Waals surface area contributed by atoms with Crippen LogP contribution in [0.3, 0.4) is 0 Å². The smallest absolute Gasteiger partial charge is 0.110 e. The van der Waals surface area contributed by atoms with Crippen molar-refractivity contribution in [3.63, 3.8) is 0 Å². The van der Waals surface area contributed by atoms with Gasteiger partial charge in [0, 0.05) is 11.9 Å². The highest BCUT2D eigenvalue weighted by atomic mass is 35.5. The zero-order chi connectivity index (χ0) is 12.3. The normalized spacial score (nSPS) is 14.4. The zero-order valence-electron chi connectivity index (χ0n) is 10.2. The molecule has 0 aromatic carbocycles. The first-order valence-corrected chi connectivity index (χ1v) is 6.68. The molecule has 1 N–H and O–H groups in total. The predicted octanol–water partition coefficient (Wildman–Crippen LogP) is 2.65. The summed E-state index contributed by atoms with van der Waals surface area (Å²) in [5.74, 6) is 0.457. The topological polar surface area (TPSA) is 36.4 Å². The highest BCUT2D eigenvalue weighted by molar-refractivity contribution is 7.09. The van der Waals surface area contributed by atoms with Crippen LogP contribution in [0.4, 0.5) is 0 Å². The Morgan fingerprint density at radius 2 is 2.25 bits per heavy atom. The second kappa shape index (κ2) is 5.45. The molecule has 0 aliphatic rings. The molecule has 1 unspecified atom stereocenters. The second-order valence-corrected chi connectivity index (χ2v) is 5.87. The molecule has 1 aromatic rings. The average Bonchev–Trinajstić information content (AvgIpc) is 2.61. The van der Waals surface area contributed by atoms with Crippen molar-refractivity contribution in [1.29, 1.82) is 0 Å². The lowest BCUT2D eigenvalue weighted by molar-refractivity contribution is 0.0333. The average molecular weight is 263 g/mol. The van der Waals surface area contributed by atoms with Gasteiger partial charge in [0.25, 0.3) is 0 Å². The van der Waals surface area contributed by atoms with E-state index in [2.05, 4.69) is 16.8 Å². The van der Waals surface area contributed by atoms with Crippen molar-refractivity contribution >= 4 is 22.9 Å². The highest BCUT2D eigenvalue weighted by Gasteiger charge is 2.21. The van der Waals surface area contributed by atoms with Crippen LogP contribution >= 0.6 is 22.9 Å². The Hall–Kier alpha value is -0.160. The van der Waals surface area contributed by atoms with Crippen LogP contribution in [0.2, 0.25) is 0 Å². The molecule has 0 saturated carbocycles. The fourth-order valence-electron chi connectivity index (χ4n) is 1.51. The van der Waals surface area contributed by atoms with Crippen LogP contribution in [0, 0.1) is 0 Å². The summed E-state index contributed by atoms with van der Waals surface area (Å²) in [6.45, 7) is 6.32. The molecule has 92 valence electrons. The fraction of sp³-hybridized carbons (Fsp3) is 0.727. The van der Waals surface area contributed by atoms with Crippen LogP contribution < -0.4 is 0 Å². The third-order valence-electron chi connectivity index (χ3n) is 2.36. The first-order chi connectivity index (χ1) is 7.33. The number of alkyl halides is 1. The molecule has 1 heterocycles. The van der Waals surface area contributed by atoms with E-state index in [1.165, 1.54) is 0 Å². The van der Waals surface area contributed by atoms with Crippen molar-refractivity contribution in [3.05, 3.63) is 16.1 Å².